The number of carboxylic acids is 1. The molecule has 0 unspecified atom stereocenters. The molecule has 5 heteroatoms. The van der Waals surface area contributed by atoms with Crippen LogP contribution < -0.4 is 10.1 Å². The molecule has 1 aromatic rings. The Morgan fingerprint density at radius 2 is 1.48 bits per heavy atom. The van der Waals surface area contributed by atoms with E-state index in [1.54, 1.807) is 19.2 Å². The fourth-order valence-electron chi connectivity index (χ4n) is 2.77. The fourth-order valence-corrected chi connectivity index (χ4v) is 2.77. The number of ether oxygens (including phenoxy) is 1. The summed E-state index contributed by atoms with van der Waals surface area (Å²) < 4.78 is 5.20. The second-order valence-corrected chi connectivity index (χ2v) is 6.28. The Balaban J connectivity index is 1.96. The number of rotatable bonds is 14. The van der Waals surface area contributed by atoms with Crippen LogP contribution in [0.15, 0.2) is 24.3 Å². The van der Waals surface area contributed by atoms with E-state index < -0.39 is 5.97 Å². The summed E-state index contributed by atoms with van der Waals surface area (Å²) in [6.07, 6.45) is 10.1. The van der Waals surface area contributed by atoms with Gasteiger partial charge in [-0.15, -0.1) is 0 Å². The van der Waals surface area contributed by atoms with Gasteiger partial charge in [0.1, 0.15) is 5.75 Å². The van der Waals surface area contributed by atoms with Crippen LogP contribution in [0.2, 0.25) is 0 Å². The van der Waals surface area contributed by atoms with E-state index in [2.05, 4.69) is 5.32 Å². The molecule has 0 spiro atoms. The summed E-state index contributed by atoms with van der Waals surface area (Å²) in [5.41, 5.74) is 0.577. The maximum atomic E-state index is 12.1. The van der Waals surface area contributed by atoms with Crippen LogP contribution in [0.1, 0.15) is 74.6 Å². The van der Waals surface area contributed by atoms with Gasteiger partial charge in [0.25, 0.3) is 5.91 Å². The molecule has 5 nitrogen and oxygen atoms in total. The number of methoxy groups -OCH3 is 1. The van der Waals surface area contributed by atoms with Gasteiger partial charge in [0.05, 0.1) is 12.7 Å². The second-order valence-electron chi connectivity index (χ2n) is 6.28. The first-order valence-electron chi connectivity index (χ1n) is 9.28. The summed E-state index contributed by atoms with van der Waals surface area (Å²) in [6, 6.07) is 7.24. The van der Waals surface area contributed by atoms with Gasteiger partial charge in [-0.1, -0.05) is 57.1 Å². The lowest BCUT2D eigenvalue weighted by atomic mass is 10.1. The molecule has 2 N–H and O–H groups in total. The second kappa shape index (κ2) is 13.3. The monoisotopic (exact) mass is 349 g/mol. The van der Waals surface area contributed by atoms with E-state index in [-0.39, 0.29) is 5.91 Å². The zero-order valence-electron chi connectivity index (χ0n) is 15.3. The normalized spacial score (nSPS) is 10.4. The number of carboxylic acid groups (broad SMARTS) is 1. The SMILES string of the molecule is COc1ccccc1C(=O)NCCCCCCCCCCCC(=O)O. The van der Waals surface area contributed by atoms with Gasteiger partial charge in [0.15, 0.2) is 0 Å². The largest absolute Gasteiger partial charge is 0.496 e. The van der Waals surface area contributed by atoms with E-state index in [9.17, 15) is 9.59 Å². The topological polar surface area (TPSA) is 75.6 Å². The summed E-state index contributed by atoms with van der Waals surface area (Å²) in [4.78, 5) is 22.5. The highest BCUT2D eigenvalue weighted by Gasteiger charge is 2.10. The van der Waals surface area contributed by atoms with Crippen molar-refractivity contribution < 1.29 is 19.4 Å². The Bertz CT molecular complexity index is 516. The zero-order chi connectivity index (χ0) is 18.3. The van der Waals surface area contributed by atoms with Gasteiger partial charge in [0, 0.05) is 13.0 Å². The van der Waals surface area contributed by atoms with E-state index in [0.717, 1.165) is 32.1 Å². The molecule has 0 saturated carbocycles. The van der Waals surface area contributed by atoms with E-state index in [1.807, 2.05) is 12.1 Å². The maximum Gasteiger partial charge on any atom is 0.303 e. The molecule has 0 bridgehead atoms. The fraction of sp³-hybridized carbons (Fsp3) is 0.600. The number of hydrogen-bond acceptors (Lipinski definition) is 3. The molecule has 0 aliphatic carbocycles. The predicted octanol–water partition coefficient (Wildman–Crippen LogP) is 4.41. The van der Waals surface area contributed by atoms with Crippen molar-refractivity contribution in [2.45, 2.75) is 64.2 Å². The van der Waals surface area contributed by atoms with Crippen molar-refractivity contribution >= 4 is 11.9 Å². The molecule has 0 heterocycles. The van der Waals surface area contributed by atoms with Crippen LogP contribution in [0.4, 0.5) is 0 Å². The van der Waals surface area contributed by atoms with Crippen molar-refractivity contribution in [2.24, 2.45) is 0 Å². The molecule has 140 valence electrons. The van der Waals surface area contributed by atoms with Crippen LogP contribution in [0, 0.1) is 0 Å². The molecular formula is C20H31NO4. The van der Waals surface area contributed by atoms with Crippen LogP contribution in [-0.4, -0.2) is 30.6 Å². The summed E-state index contributed by atoms with van der Waals surface area (Å²) in [5, 5.41) is 11.5. The maximum absolute atomic E-state index is 12.1. The molecule has 0 aliphatic rings. The number of amides is 1. The average Bonchev–Trinajstić information content (AvgIpc) is 2.62. The van der Waals surface area contributed by atoms with Gasteiger partial charge >= 0.3 is 5.97 Å². The Morgan fingerprint density at radius 1 is 0.920 bits per heavy atom. The van der Waals surface area contributed by atoms with Crippen molar-refractivity contribution in [3.8, 4) is 5.75 Å². The molecule has 1 aromatic carbocycles. The van der Waals surface area contributed by atoms with Crippen molar-refractivity contribution in [3.05, 3.63) is 29.8 Å². The summed E-state index contributed by atoms with van der Waals surface area (Å²) in [5.74, 6) is -0.181. The van der Waals surface area contributed by atoms with Crippen molar-refractivity contribution in [1.82, 2.24) is 5.32 Å². The zero-order valence-corrected chi connectivity index (χ0v) is 15.3. The van der Waals surface area contributed by atoms with E-state index >= 15 is 0 Å². The molecular weight excluding hydrogens is 318 g/mol. The van der Waals surface area contributed by atoms with E-state index in [4.69, 9.17) is 9.84 Å². The quantitative estimate of drug-likeness (QED) is 0.488. The Morgan fingerprint density at radius 3 is 2.08 bits per heavy atom. The predicted molar refractivity (Wildman–Crippen MR) is 99.1 cm³/mol. The van der Waals surface area contributed by atoms with Crippen LogP contribution in [-0.2, 0) is 4.79 Å². The third-order valence-corrected chi connectivity index (χ3v) is 4.20. The van der Waals surface area contributed by atoms with Gasteiger partial charge in [0.2, 0.25) is 0 Å². The number of benzene rings is 1. The Hall–Kier alpha value is -2.04. The van der Waals surface area contributed by atoms with Gasteiger partial charge in [-0.05, 0) is 25.0 Å². The number of carbonyl (C=O) groups excluding carboxylic acids is 1. The van der Waals surface area contributed by atoms with E-state index in [0.29, 0.717) is 24.3 Å². The van der Waals surface area contributed by atoms with Crippen molar-refractivity contribution in [1.29, 1.82) is 0 Å². The molecule has 0 saturated heterocycles. The smallest absolute Gasteiger partial charge is 0.303 e. The molecule has 25 heavy (non-hydrogen) atoms. The van der Waals surface area contributed by atoms with Gasteiger partial charge in [-0.25, -0.2) is 0 Å². The molecule has 1 amide bonds. The first-order valence-corrected chi connectivity index (χ1v) is 9.28. The highest BCUT2D eigenvalue weighted by atomic mass is 16.5. The molecule has 0 aliphatic heterocycles. The van der Waals surface area contributed by atoms with Gasteiger partial charge in [-0.3, -0.25) is 9.59 Å². The lowest BCUT2D eigenvalue weighted by molar-refractivity contribution is -0.137. The number of hydrogen-bond donors (Lipinski definition) is 2. The summed E-state index contributed by atoms with van der Waals surface area (Å²) in [7, 11) is 1.57. The van der Waals surface area contributed by atoms with Crippen LogP contribution in [0.25, 0.3) is 0 Å². The third kappa shape index (κ3) is 9.75. The lowest BCUT2D eigenvalue weighted by Crippen LogP contribution is -2.24. The van der Waals surface area contributed by atoms with Crippen molar-refractivity contribution in [2.75, 3.05) is 13.7 Å². The summed E-state index contributed by atoms with van der Waals surface area (Å²) >= 11 is 0. The lowest BCUT2D eigenvalue weighted by Gasteiger charge is -2.09. The Kier molecular flexibility index (Phi) is 11.2. The van der Waals surface area contributed by atoms with Crippen molar-refractivity contribution in [3.63, 3.8) is 0 Å². The van der Waals surface area contributed by atoms with Crippen LogP contribution >= 0.6 is 0 Å². The highest BCUT2D eigenvalue weighted by Crippen LogP contribution is 2.17. The minimum atomic E-state index is -0.696. The first kappa shape index (κ1) is 21.0. The third-order valence-electron chi connectivity index (χ3n) is 4.20. The van der Waals surface area contributed by atoms with Crippen LogP contribution in [0.5, 0.6) is 5.75 Å². The molecule has 1 rings (SSSR count). The van der Waals surface area contributed by atoms with Gasteiger partial charge < -0.3 is 15.2 Å². The molecule has 0 aromatic heterocycles. The number of aliphatic carboxylic acids is 1. The highest BCUT2D eigenvalue weighted by molar-refractivity contribution is 5.96. The molecule has 0 atom stereocenters. The number of nitrogens with one attached hydrogen (secondary N) is 1. The first-order chi connectivity index (χ1) is 12.1. The number of carbonyl (C=O) groups is 2. The minimum absolute atomic E-state index is 0.0844. The number of para-hydroxylation sites is 1. The van der Waals surface area contributed by atoms with E-state index in [1.165, 1.54) is 25.7 Å². The summed E-state index contributed by atoms with van der Waals surface area (Å²) in [6.45, 7) is 0.687. The Labute approximate surface area is 150 Å². The minimum Gasteiger partial charge on any atom is -0.496 e. The molecule has 0 fully saturated rings. The number of unbranched alkanes of at least 4 members (excludes halogenated alkanes) is 8. The average molecular weight is 349 g/mol. The van der Waals surface area contributed by atoms with Crippen LogP contribution in [0.3, 0.4) is 0 Å². The molecule has 0 radical (unpaired) electrons. The van der Waals surface area contributed by atoms with Gasteiger partial charge in [-0.2, -0.15) is 0 Å². The standard InChI is InChI=1S/C20H31NO4/c1-25-18-14-11-10-13-17(18)20(24)21-16-12-8-6-4-2-3-5-7-9-15-19(22)23/h10-11,13-14H,2-9,12,15-16H2,1H3,(H,21,24)(H,22,23).